The quantitative estimate of drug-likeness (QED) is 0.771. The van der Waals surface area contributed by atoms with Crippen molar-refractivity contribution in [2.45, 2.75) is 13.5 Å². The molecule has 2 aromatic heterocycles. The molecule has 4 nitrogen and oxygen atoms in total. The maximum absolute atomic E-state index is 4.19. The van der Waals surface area contributed by atoms with E-state index in [1.54, 1.807) is 12.4 Å². The molecule has 0 radical (unpaired) electrons. The standard InChI is InChI=1S/C10H12N4/c1-8-2-4-11-10(6-8)12-7-9-3-5-13-14-9/h2-6H,7H2,1H3,(H,11,12)(H,13,14). The summed E-state index contributed by atoms with van der Waals surface area (Å²) in [6.45, 7) is 2.76. The van der Waals surface area contributed by atoms with Crippen LogP contribution in [0.25, 0.3) is 0 Å². The summed E-state index contributed by atoms with van der Waals surface area (Å²) < 4.78 is 0. The van der Waals surface area contributed by atoms with Gasteiger partial charge in [0.25, 0.3) is 0 Å². The van der Waals surface area contributed by atoms with Crippen molar-refractivity contribution in [3.05, 3.63) is 41.9 Å². The number of hydrogen-bond acceptors (Lipinski definition) is 3. The average Bonchev–Trinajstić information content (AvgIpc) is 2.67. The van der Waals surface area contributed by atoms with E-state index < -0.39 is 0 Å². The van der Waals surface area contributed by atoms with E-state index in [0.717, 1.165) is 18.1 Å². The monoisotopic (exact) mass is 188 g/mol. The van der Waals surface area contributed by atoms with Gasteiger partial charge < -0.3 is 5.32 Å². The van der Waals surface area contributed by atoms with E-state index in [4.69, 9.17) is 0 Å². The number of H-pyrrole nitrogens is 1. The molecule has 0 aliphatic heterocycles. The van der Waals surface area contributed by atoms with Crippen molar-refractivity contribution in [3.63, 3.8) is 0 Å². The second-order valence-corrected chi connectivity index (χ2v) is 3.15. The Hall–Kier alpha value is -1.84. The first kappa shape index (κ1) is 8.74. The SMILES string of the molecule is Cc1ccnc(NCc2ccn[nH]2)c1. The number of hydrogen-bond donors (Lipinski definition) is 2. The molecule has 0 aliphatic rings. The molecule has 0 fully saturated rings. The number of nitrogens with one attached hydrogen (secondary N) is 2. The van der Waals surface area contributed by atoms with E-state index in [9.17, 15) is 0 Å². The zero-order valence-electron chi connectivity index (χ0n) is 7.99. The molecule has 0 amide bonds. The zero-order chi connectivity index (χ0) is 9.80. The van der Waals surface area contributed by atoms with Gasteiger partial charge in [-0.2, -0.15) is 5.10 Å². The summed E-state index contributed by atoms with van der Waals surface area (Å²) in [6, 6.07) is 5.92. The molecule has 2 rings (SSSR count). The summed E-state index contributed by atoms with van der Waals surface area (Å²) in [6.07, 6.45) is 3.53. The maximum Gasteiger partial charge on any atom is 0.126 e. The van der Waals surface area contributed by atoms with Crippen molar-refractivity contribution in [2.24, 2.45) is 0 Å². The summed E-state index contributed by atoms with van der Waals surface area (Å²) in [5, 5.41) is 9.95. The molecule has 0 aromatic carbocycles. The third kappa shape index (κ3) is 2.10. The molecule has 0 spiro atoms. The average molecular weight is 188 g/mol. The predicted octanol–water partition coefficient (Wildman–Crippen LogP) is 1.73. The van der Waals surface area contributed by atoms with Gasteiger partial charge in [0, 0.05) is 12.4 Å². The minimum atomic E-state index is 0.719. The van der Waals surface area contributed by atoms with E-state index in [-0.39, 0.29) is 0 Å². The zero-order valence-corrected chi connectivity index (χ0v) is 7.99. The van der Waals surface area contributed by atoms with Crippen molar-refractivity contribution < 1.29 is 0 Å². The van der Waals surface area contributed by atoms with Crippen molar-refractivity contribution in [1.29, 1.82) is 0 Å². The summed E-state index contributed by atoms with van der Waals surface area (Å²) in [5.74, 6) is 0.889. The highest BCUT2D eigenvalue weighted by molar-refractivity contribution is 5.37. The Morgan fingerprint density at radius 3 is 3.00 bits per heavy atom. The first-order valence-corrected chi connectivity index (χ1v) is 4.49. The van der Waals surface area contributed by atoms with Gasteiger partial charge in [0.05, 0.1) is 12.2 Å². The van der Waals surface area contributed by atoms with Gasteiger partial charge in [0.1, 0.15) is 5.82 Å². The van der Waals surface area contributed by atoms with Crippen LogP contribution in [0.2, 0.25) is 0 Å². The fraction of sp³-hybridized carbons (Fsp3) is 0.200. The van der Waals surface area contributed by atoms with Crippen molar-refractivity contribution >= 4 is 5.82 Å². The van der Waals surface area contributed by atoms with Crippen LogP contribution in [0.15, 0.2) is 30.6 Å². The van der Waals surface area contributed by atoms with Gasteiger partial charge in [-0.15, -0.1) is 0 Å². The van der Waals surface area contributed by atoms with Crippen LogP contribution in [0.1, 0.15) is 11.3 Å². The Balaban J connectivity index is 1.98. The minimum Gasteiger partial charge on any atom is -0.364 e. The Kier molecular flexibility index (Phi) is 2.44. The Bertz CT molecular complexity index is 394. The van der Waals surface area contributed by atoms with Crippen molar-refractivity contribution in [2.75, 3.05) is 5.32 Å². The lowest BCUT2D eigenvalue weighted by molar-refractivity contribution is 0.974. The molecule has 4 heteroatoms. The van der Waals surface area contributed by atoms with Crippen LogP contribution in [-0.2, 0) is 6.54 Å². The molecule has 0 bridgehead atoms. The highest BCUT2D eigenvalue weighted by atomic mass is 15.1. The molecular formula is C10H12N4. The van der Waals surface area contributed by atoms with Crippen LogP contribution in [0.3, 0.4) is 0 Å². The molecule has 2 aromatic rings. The van der Waals surface area contributed by atoms with Crippen LogP contribution in [-0.4, -0.2) is 15.2 Å². The largest absolute Gasteiger partial charge is 0.364 e. The smallest absolute Gasteiger partial charge is 0.126 e. The topological polar surface area (TPSA) is 53.6 Å². The fourth-order valence-electron chi connectivity index (χ4n) is 1.20. The Morgan fingerprint density at radius 1 is 1.36 bits per heavy atom. The molecule has 72 valence electrons. The number of aromatic nitrogens is 3. The first-order chi connectivity index (χ1) is 6.84. The lowest BCUT2D eigenvalue weighted by Crippen LogP contribution is -2.01. The van der Waals surface area contributed by atoms with Gasteiger partial charge in [-0.05, 0) is 30.7 Å². The number of anilines is 1. The van der Waals surface area contributed by atoms with Gasteiger partial charge in [-0.1, -0.05) is 0 Å². The molecule has 14 heavy (non-hydrogen) atoms. The summed E-state index contributed by atoms with van der Waals surface area (Å²) in [4.78, 5) is 4.19. The van der Waals surface area contributed by atoms with Gasteiger partial charge in [0.2, 0.25) is 0 Å². The van der Waals surface area contributed by atoms with E-state index in [0.29, 0.717) is 0 Å². The number of rotatable bonds is 3. The summed E-state index contributed by atoms with van der Waals surface area (Å²) in [5.41, 5.74) is 2.25. The molecule has 0 aliphatic carbocycles. The molecule has 2 heterocycles. The van der Waals surface area contributed by atoms with Crippen LogP contribution in [0, 0.1) is 6.92 Å². The Morgan fingerprint density at radius 2 is 2.29 bits per heavy atom. The van der Waals surface area contributed by atoms with Gasteiger partial charge in [0.15, 0.2) is 0 Å². The molecule has 0 saturated heterocycles. The second-order valence-electron chi connectivity index (χ2n) is 3.15. The molecule has 0 saturated carbocycles. The fourth-order valence-corrected chi connectivity index (χ4v) is 1.20. The van der Waals surface area contributed by atoms with Crippen LogP contribution >= 0.6 is 0 Å². The number of pyridine rings is 1. The van der Waals surface area contributed by atoms with E-state index in [1.165, 1.54) is 5.56 Å². The van der Waals surface area contributed by atoms with Crippen molar-refractivity contribution in [1.82, 2.24) is 15.2 Å². The lowest BCUT2D eigenvalue weighted by atomic mass is 10.3. The van der Waals surface area contributed by atoms with Crippen LogP contribution < -0.4 is 5.32 Å². The second kappa shape index (κ2) is 3.91. The Labute approximate surface area is 82.4 Å². The maximum atomic E-state index is 4.19. The van der Waals surface area contributed by atoms with Gasteiger partial charge >= 0.3 is 0 Å². The minimum absolute atomic E-state index is 0.719. The number of aryl methyl sites for hydroxylation is 1. The normalized spacial score (nSPS) is 10.1. The van der Waals surface area contributed by atoms with E-state index >= 15 is 0 Å². The first-order valence-electron chi connectivity index (χ1n) is 4.49. The number of nitrogens with zero attached hydrogens (tertiary/aromatic N) is 2. The highest BCUT2D eigenvalue weighted by Gasteiger charge is 1.95. The third-order valence-corrected chi connectivity index (χ3v) is 1.93. The summed E-state index contributed by atoms with van der Waals surface area (Å²) in [7, 11) is 0. The van der Waals surface area contributed by atoms with Gasteiger partial charge in [-0.25, -0.2) is 4.98 Å². The molecule has 0 unspecified atom stereocenters. The molecule has 2 N–H and O–H groups in total. The third-order valence-electron chi connectivity index (χ3n) is 1.93. The summed E-state index contributed by atoms with van der Waals surface area (Å²) >= 11 is 0. The highest BCUT2D eigenvalue weighted by Crippen LogP contribution is 2.06. The predicted molar refractivity (Wildman–Crippen MR) is 54.9 cm³/mol. The van der Waals surface area contributed by atoms with Crippen LogP contribution in [0.5, 0.6) is 0 Å². The lowest BCUT2D eigenvalue weighted by Gasteiger charge is -2.03. The molecule has 0 atom stereocenters. The van der Waals surface area contributed by atoms with E-state index in [1.807, 2.05) is 25.1 Å². The van der Waals surface area contributed by atoms with E-state index in [2.05, 4.69) is 20.5 Å². The van der Waals surface area contributed by atoms with Crippen molar-refractivity contribution in [3.8, 4) is 0 Å². The van der Waals surface area contributed by atoms with Crippen LogP contribution in [0.4, 0.5) is 5.82 Å². The molecular weight excluding hydrogens is 176 g/mol. The number of aromatic amines is 1. The van der Waals surface area contributed by atoms with Gasteiger partial charge in [-0.3, -0.25) is 5.10 Å².